The van der Waals surface area contributed by atoms with E-state index < -0.39 is 0 Å². The maximum absolute atomic E-state index is 13.4. The zero-order chi connectivity index (χ0) is 27.2. The zero-order valence-corrected chi connectivity index (χ0v) is 23.8. The lowest BCUT2D eigenvalue weighted by Gasteiger charge is -2.60. The molecule has 6 rings (SSSR count). The summed E-state index contributed by atoms with van der Waals surface area (Å²) in [6, 6.07) is 21.2. The van der Waals surface area contributed by atoms with Gasteiger partial charge in [-0.25, -0.2) is 0 Å². The number of nitrogens with one attached hydrogen (secondary N) is 1. The number of benzene rings is 2. The molecule has 0 radical (unpaired) electrons. The molecular formula is C35H44N2O2. The Morgan fingerprint density at radius 1 is 0.923 bits per heavy atom. The molecule has 4 nitrogen and oxygen atoms in total. The second-order valence-electron chi connectivity index (χ2n) is 13.3. The molecule has 3 aliphatic carbocycles. The van der Waals surface area contributed by atoms with Crippen molar-refractivity contribution in [2.75, 3.05) is 13.6 Å². The number of rotatable bonds is 6. The highest BCUT2D eigenvalue weighted by Crippen LogP contribution is 2.65. The number of carbonyl (C=O) groups excluding carboxylic acids is 2. The van der Waals surface area contributed by atoms with E-state index in [1.165, 1.54) is 43.2 Å². The van der Waals surface area contributed by atoms with Gasteiger partial charge in [-0.15, -0.1) is 0 Å². The molecule has 1 N–H and O–H groups in total. The van der Waals surface area contributed by atoms with E-state index >= 15 is 0 Å². The van der Waals surface area contributed by atoms with E-state index in [2.05, 4.69) is 73.8 Å². The minimum Gasteiger partial charge on any atom is -0.356 e. The smallest absolute Gasteiger partial charge is 0.246 e. The molecular weight excluding hydrogens is 480 g/mol. The second-order valence-corrected chi connectivity index (χ2v) is 13.3. The summed E-state index contributed by atoms with van der Waals surface area (Å²) in [4.78, 5) is 27.8. The average molecular weight is 525 g/mol. The molecule has 1 aliphatic heterocycles. The fourth-order valence-electron chi connectivity index (χ4n) is 9.48. The van der Waals surface area contributed by atoms with Crippen LogP contribution in [0.2, 0.25) is 0 Å². The summed E-state index contributed by atoms with van der Waals surface area (Å²) in [6.07, 6.45) is 11.8. The van der Waals surface area contributed by atoms with Gasteiger partial charge in [-0.1, -0.05) is 80.6 Å². The average Bonchev–Trinajstić information content (AvgIpc) is 3.30. The molecule has 2 aromatic rings. The number of hydrogen-bond donors (Lipinski definition) is 1. The third kappa shape index (κ3) is 4.54. The van der Waals surface area contributed by atoms with Gasteiger partial charge in [0.25, 0.3) is 0 Å². The Kier molecular flexibility index (Phi) is 6.93. The number of carbonyl (C=O) groups is 2. The molecule has 0 bridgehead atoms. The van der Waals surface area contributed by atoms with Crippen LogP contribution in [0.3, 0.4) is 0 Å². The van der Waals surface area contributed by atoms with Crippen molar-refractivity contribution < 1.29 is 9.59 Å². The molecule has 4 aliphatic rings. The summed E-state index contributed by atoms with van der Waals surface area (Å²) < 4.78 is 0. The summed E-state index contributed by atoms with van der Waals surface area (Å²) in [5.74, 6) is 3.00. The van der Waals surface area contributed by atoms with Crippen LogP contribution in [0.1, 0.15) is 75.8 Å². The van der Waals surface area contributed by atoms with Gasteiger partial charge in [-0.3, -0.25) is 9.59 Å². The second kappa shape index (κ2) is 10.3. The van der Waals surface area contributed by atoms with Crippen LogP contribution in [-0.2, 0) is 9.59 Å². The van der Waals surface area contributed by atoms with Gasteiger partial charge in [-0.2, -0.15) is 0 Å². The first-order chi connectivity index (χ1) is 18.8. The molecule has 0 spiro atoms. The lowest BCUT2D eigenvalue weighted by atomic mass is 9.47. The van der Waals surface area contributed by atoms with Gasteiger partial charge < -0.3 is 10.2 Å². The Morgan fingerprint density at radius 3 is 2.26 bits per heavy atom. The fraction of sp³-hybridized carbons (Fsp3) is 0.543. The van der Waals surface area contributed by atoms with Crippen LogP contribution in [0.5, 0.6) is 0 Å². The summed E-state index contributed by atoms with van der Waals surface area (Å²) in [7, 11) is 2.00. The highest BCUT2D eigenvalue weighted by atomic mass is 16.2. The lowest BCUT2D eigenvalue weighted by Crippen LogP contribution is -2.59. The van der Waals surface area contributed by atoms with Crippen molar-refractivity contribution in [3.05, 3.63) is 83.9 Å². The van der Waals surface area contributed by atoms with Gasteiger partial charge in [0.1, 0.15) is 0 Å². The van der Waals surface area contributed by atoms with Gasteiger partial charge in [0, 0.05) is 37.4 Å². The van der Waals surface area contributed by atoms with Gasteiger partial charge in [-0.05, 0) is 84.8 Å². The Balaban J connectivity index is 1.13. The molecule has 1 heterocycles. The first-order valence-electron chi connectivity index (χ1n) is 15.1. The number of nitrogens with zero attached hydrogens (tertiary/aromatic N) is 1. The number of hydrogen-bond acceptors (Lipinski definition) is 2. The number of fused-ring (bicyclic) bond motifs is 5. The molecule has 2 aromatic carbocycles. The van der Waals surface area contributed by atoms with Gasteiger partial charge in [0.05, 0.1) is 0 Å². The minimum atomic E-state index is 0.0687. The van der Waals surface area contributed by atoms with Gasteiger partial charge in [0.15, 0.2) is 0 Å². The van der Waals surface area contributed by atoms with Crippen molar-refractivity contribution in [3.63, 3.8) is 0 Å². The molecule has 1 unspecified atom stereocenters. The minimum absolute atomic E-state index is 0.0687. The summed E-state index contributed by atoms with van der Waals surface area (Å²) in [5.41, 5.74) is 2.76. The maximum atomic E-state index is 13.4. The normalized spacial score (nSPS) is 35.3. The summed E-state index contributed by atoms with van der Waals surface area (Å²) >= 11 is 0. The quantitative estimate of drug-likeness (QED) is 0.464. The number of likely N-dealkylation sites (N-methyl/N-ethyl adjacent to an activating group) is 1. The molecule has 3 fully saturated rings. The van der Waals surface area contributed by atoms with E-state index in [0.717, 1.165) is 18.9 Å². The molecule has 4 heteroatoms. The van der Waals surface area contributed by atoms with E-state index in [1.807, 2.05) is 30.2 Å². The zero-order valence-electron chi connectivity index (χ0n) is 23.8. The van der Waals surface area contributed by atoms with Crippen molar-refractivity contribution in [3.8, 4) is 0 Å². The third-order valence-corrected chi connectivity index (χ3v) is 11.7. The van der Waals surface area contributed by atoms with Crippen LogP contribution >= 0.6 is 0 Å². The van der Waals surface area contributed by atoms with Crippen molar-refractivity contribution in [2.45, 2.75) is 70.8 Å². The molecule has 2 amide bonds. The van der Waals surface area contributed by atoms with Crippen molar-refractivity contribution in [2.24, 2.45) is 34.5 Å². The van der Waals surface area contributed by atoms with Crippen molar-refractivity contribution in [1.82, 2.24) is 10.2 Å². The first kappa shape index (κ1) is 26.3. The molecule has 206 valence electrons. The highest BCUT2D eigenvalue weighted by Gasteiger charge is 2.60. The Morgan fingerprint density at radius 2 is 1.59 bits per heavy atom. The van der Waals surface area contributed by atoms with Crippen molar-refractivity contribution in [1.29, 1.82) is 0 Å². The SMILES string of the molecule is CN1C(=O)C=C[C@]2(C)[C@H]3CC[C@]4(C)C(CNC(=O)CC(c5ccccc5)c5ccccc5)CC[C@H]4[C@@H]3CC[C@@H]12. The van der Waals surface area contributed by atoms with E-state index in [1.54, 1.807) is 0 Å². The van der Waals surface area contributed by atoms with E-state index in [-0.39, 0.29) is 28.6 Å². The van der Waals surface area contributed by atoms with Crippen LogP contribution in [0, 0.1) is 34.5 Å². The monoisotopic (exact) mass is 524 g/mol. The molecule has 39 heavy (non-hydrogen) atoms. The predicted octanol–water partition coefficient (Wildman–Crippen LogP) is 6.58. The van der Waals surface area contributed by atoms with Gasteiger partial charge in [0.2, 0.25) is 11.8 Å². The molecule has 0 saturated heterocycles. The van der Waals surface area contributed by atoms with Crippen LogP contribution in [-0.4, -0.2) is 36.3 Å². The van der Waals surface area contributed by atoms with E-state index in [0.29, 0.717) is 30.2 Å². The lowest BCUT2D eigenvalue weighted by molar-refractivity contribution is -0.139. The van der Waals surface area contributed by atoms with E-state index in [4.69, 9.17) is 0 Å². The molecule has 3 saturated carbocycles. The van der Waals surface area contributed by atoms with Gasteiger partial charge >= 0.3 is 0 Å². The summed E-state index contributed by atoms with van der Waals surface area (Å²) in [5, 5.41) is 3.39. The van der Waals surface area contributed by atoms with Crippen LogP contribution in [0.15, 0.2) is 72.8 Å². The van der Waals surface area contributed by atoms with E-state index in [9.17, 15) is 9.59 Å². The largest absolute Gasteiger partial charge is 0.356 e. The topological polar surface area (TPSA) is 49.4 Å². The Hall–Kier alpha value is -2.88. The van der Waals surface area contributed by atoms with Crippen LogP contribution in [0.25, 0.3) is 0 Å². The van der Waals surface area contributed by atoms with Crippen molar-refractivity contribution >= 4 is 11.8 Å². The van der Waals surface area contributed by atoms with Crippen LogP contribution in [0.4, 0.5) is 0 Å². The first-order valence-corrected chi connectivity index (χ1v) is 15.1. The third-order valence-electron chi connectivity index (χ3n) is 11.7. The predicted molar refractivity (Wildman–Crippen MR) is 156 cm³/mol. The van der Waals surface area contributed by atoms with Crippen LogP contribution < -0.4 is 5.32 Å². The summed E-state index contributed by atoms with van der Waals surface area (Å²) in [6.45, 7) is 5.73. The highest BCUT2D eigenvalue weighted by molar-refractivity contribution is 5.89. The fourth-order valence-corrected chi connectivity index (χ4v) is 9.48. The Bertz CT molecular complexity index is 1190. The number of amides is 2. The maximum Gasteiger partial charge on any atom is 0.246 e. The Labute approximate surface area is 234 Å². The molecule has 0 aromatic heterocycles. The standard InChI is InChI=1S/C35H44N2O2/c1-34-20-18-30-27(15-17-31-35(30,2)21-19-33(39)37(31)3)29(34)16-14-26(34)23-36-32(38)22-28(24-10-6-4-7-11-24)25-12-8-5-9-13-25/h4-13,19,21,26-31H,14-18,20,22-23H2,1-3H3,(H,36,38)/t26?,27-,29-,30-,31+,34+,35+/m0/s1. The molecule has 7 atom stereocenters.